The minimum absolute atomic E-state index is 0.0809. The van der Waals surface area contributed by atoms with Crippen LogP contribution in [0.3, 0.4) is 0 Å². The van der Waals surface area contributed by atoms with Gasteiger partial charge in [-0.25, -0.2) is 0 Å². The van der Waals surface area contributed by atoms with Crippen LogP contribution in [0.25, 0.3) is 0 Å². The van der Waals surface area contributed by atoms with Crippen molar-refractivity contribution in [2.24, 2.45) is 5.92 Å². The second-order valence-corrected chi connectivity index (χ2v) is 15.6. The van der Waals surface area contributed by atoms with Crippen LogP contribution in [0.4, 0.5) is 0 Å². The number of nitriles is 1. The van der Waals surface area contributed by atoms with Crippen molar-refractivity contribution < 1.29 is 18.6 Å². The summed E-state index contributed by atoms with van der Waals surface area (Å²) in [5, 5.41) is 9.64. The molecule has 5 atom stereocenters. The van der Waals surface area contributed by atoms with E-state index in [0.29, 0.717) is 26.2 Å². The molecule has 0 amide bonds. The van der Waals surface area contributed by atoms with Crippen LogP contribution in [0.15, 0.2) is 60.7 Å². The molecule has 0 radical (unpaired) electrons. The molecule has 0 aromatic heterocycles. The van der Waals surface area contributed by atoms with Gasteiger partial charge in [-0.05, 0) is 62.9 Å². The van der Waals surface area contributed by atoms with Gasteiger partial charge in [0.25, 0.3) is 0 Å². The van der Waals surface area contributed by atoms with Crippen molar-refractivity contribution in [1.29, 1.82) is 5.26 Å². The van der Waals surface area contributed by atoms with Crippen LogP contribution in [0.5, 0.6) is 0 Å². The Hall–Kier alpha value is -2.01. The van der Waals surface area contributed by atoms with Gasteiger partial charge in [-0.15, -0.1) is 0 Å². The van der Waals surface area contributed by atoms with E-state index in [2.05, 4.69) is 63.8 Å². The molecule has 0 spiro atoms. The summed E-state index contributed by atoms with van der Waals surface area (Å²) in [6.45, 7) is 12.7. The molecule has 1 saturated heterocycles. The van der Waals surface area contributed by atoms with Gasteiger partial charge in [-0.1, -0.05) is 67.6 Å². The topological polar surface area (TPSA) is 60.7 Å². The zero-order chi connectivity index (χ0) is 26.0. The number of hydrogen-bond donors (Lipinski definition) is 0. The third-order valence-corrected chi connectivity index (χ3v) is 7.89. The van der Waals surface area contributed by atoms with Crippen molar-refractivity contribution in [3.8, 4) is 6.07 Å². The maximum Gasteiger partial charge on any atom is 0.184 e. The molecule has 6 heteroatoms. The summed E-state index contributed by atoms with van der Waals surface area (Å²) in [4.78, 5) is 0. The highest BCUT2D eigenvalue weighted by molar-refractivity contribution is 6.69. The summed E-state index contributed by atoms with van der Waals surface area (Å²) in [5.74, 6) is 0.206. The van der Waals surface area contributed by atoms with Crippen molar-refractivity contribution >= 4 is 8.32 Å². The fourth-order valence-electron chi connectivity index (χ4n) is 4.99. The zero-order valence-electron chi connectivity index (χ0n) is 22.6. The largest absolute Gasteiger partial charge is 0.410 e. The summed E-state index contributed by atoms with van der Waals surface area (Å²) in [7, 11) is -1.86. The Morgan fingerprint density at radius 3 is 2.22 bits per heavy atom. The lowest BCUT2D eigenvalue weighted by Gasteiger charge is -2.41. The number of ether oxygens (including phenoxy) is 3. The predicted octanol–water partition coefficient (Wildman–Crippen LogP) is 6.89. The van der Waals surface area contributed by atoms with E-state index in [1.807, 2.05) is 36.4 Å². The zero-order valence-corrected chi connectivity index (χ0v) is 23.6. The van der Waals surface area contributed by atoms with E-state index >= 15 is 0 Å². The molecule has 1 aliphatic heterocycles. The third-order valence-electron chi connectivity index (χ3n) is 6.81. The minimum atomic E-state index is -1.86. The Morgan fingerprint density at radius 2 is 1.64 bits per heavy atom. The lowest BCUT2D eigenvalue weighted by Crippen LogP contribution is -2.50. The van der Waals surface area contributed by atoms with E-state index in [4.69, 9.17) is 18.6 Å². The Kier molecular flexibility index (Phi) is 10.7. The molecule has 196 valence electrons. The summed E-state index contributed by atoms with van der Waals surface area (Å²) in [6, 6.07) is 22.9. The first-order chi connectivity index (χ1) is 17.2. The number of hydrogen-bond acceptors (Lipinski definition) is 5. The molecular formula is C30H43NO4Si. The Morgan fingerprint density at radius 1 is 1.03 bits per heavy atom. The van der Waals surface area contributed by atoms with Gasteiger partial charge in [-0.3, -0.25) is 0 Å². The van der Waals surface area contributed by atoms with Crippen molar-refractivity contribution in [2.75, 3.05) is 6.61 Å². The van der Waals surface area contributed by atoms with Gasteiger partial charge < -0.3 is 18.6 Å². The van der Waals surface area contributed by atoms with Crippen molar-refractivity contribution in [2.45, 2.75) is 96.3 Å². The monoisotopic (exact) mass is 509 g/mol. The molecule has 0 N–H and O–H groups in total. The normalized spacial score (nSPS) is 25.6. The van der Waals surface area contributed by atoms with Gasteiger partial charge in [0.2, 0.25) is 0 Å². The molecule has 1 heterocycles. The minimum Gasteiger partial charge on any atom is -0.410 e. The smallest absolute Gasteiger partial charge is 0.184 e. The van der Waals surface area contributed by atoms with Crippen molar-refractivity contribution in [3.63, 3.8) is 0 Å². The van der Waals surface area contributed by atoms with Crippen LogP contribution in [0, 0.1) is 17.2 Å². The maximum absolute atomic E-state index is 9.64. The summed E-state index contributed by atoms with van der Waals surface area (Å²) in [6.07, 6.45) is 2.28. The summed E-state index contributed by atoms with van der Waals surface area (Å²) in [5.41, 5.74) is 1.81. The average molecular weight is 510 g/mol. The van der Waals surface area contributed by atoms with Crippen LogP contribution in [-0.4, -0.2) is 38.8 Å². The lowest BCUT2D eigenvalue weighted by atomic mass is 9.90. The van der Waals surface area contributed by atoms with Crippen LogP contribution < -0.4 is 0 Å². The molecule has 1 aliphatic rings. The number of nitrogens with zero attached hydrogens (tertiary/aromatic N) is 1. The third kappa shape index (κ3) is 8.83. The summed E-state index contributed by atoms with van der Waals surface area (Å²) < 4.78 is 26.0. The first kappa shape index (κ1) is 28.6. The standard InChI is InChI=1S/C30H43NO4Si/c1-24(18-21-32-22-25-12-8-6-9-13-25)29-27(33-23-26-14-10-7-11-15-26)16-19-30(2,35-36(3,4)5)28(34-29)17-20-31/h6-15,24,27-29H,16-19,21-23H2,1-5H3/t24-,27+,28+,29-,30-/m1/s1. The van der Waals surface area contributed by atoms with Crippen LogP contribution in [0.2, 0.25) is 19.6 Å². The molecule has 0 unspecified atom stereocenters. The van der Waals surface area contributed by atoms with Crippen LogP contribution in [0.1, 0.15) is 50.7 Å². The Labute approximate surface area is 218 Å². The van der Waals surface area contributed by atoms with Gasteiger partial charge in [0.1, 0.15) is 0 Å². The molecule has 0 saturated carbocycles. The van der Waals surface area contributed by atoms with E-state index in [1.165, 1.54) is 5.56 Å². The highest BCUT2D eigenvalue weighted by atomic mass is 28.4. The summed E-state index contributed by atoms with van der Waals surface area (Å²) >= 11 is 0. The lowest BCUT2D eigenvalue weighted by molar-refractivity contribution is -0.150. The van der Waals surface area contributed by atoms with Gasteiger partial charge in [-0.2, -0.15) is 5.26 Å². The quantitative estimate of drug-likeness (QED) is 0.230. The molecule has 5 nitrogen and oxygen atoms in total. The SMILES string of the molecule is C[C@H](CCOCc1ccccc1)[C@H]1O[C@@H](CC#N)[C@](C)(O[Si](C)(C)C)CC[C@@H]1OCc1ccccc1. The van der Waals surface area contributed by atoms with E-state index in [0.717, 1.165) is 24.8 Å². The molecular weight excluding hydrogens is 466 g/mol. The molecule has 2 aromatic carbocycles. The Bertz CT molecular complexity index is 943. The van der Waals surface area contributed by atoms with Gasteiger partial charge in [0.05, 0.1) is 49.6 Å². The molecule has 2 aromatic rings. The molecule has 0 aliphatic carbocycles. The van der Waals surface area contributed by atoms with Gasteiger partial charge in [0, 0.05) is 6.61 Å². The first-order valence-electron chi connectivity index (χ1n) is 13.2. The molecule has 0 bridgehead atoms. The highest BCUT2D eigenvalue weighted by Gasteiger charge is 2.46. The van der Waals surface area contributed by atoms with E-state index in [9.17, 15) is 5.26 Å². The average Bonchev–Trinajstić information content (AvgIpc) is 2.97. The fourth-order valence-corrected chi connectivity index (χ4v) is 6.62. The second kappa shape index (κ2) is 13.5. The maximum atomic E-state index is 9.64. The van der Waals surface area contributed by atoms with Crippen molar-refractivity contribution in [1.82, 2.24) is 0 Å². The molecule has 3 rings (SSSR count). The highest BCUT2D eigenvalue weighted by Crippen LogP contribution is 2.38. The van der Waals surface area contributed by atoms with E-state index in [1.54, 1.807) is 0 Å². The van der Waals surface area contributed by atoms with Gasteiger partial charge in [0.15, 0.2) is 8.32 Å². The fraction of sp³-hybridized carbons (Fsp3) is 0.567. The Balaban J connectivity index is 1.72. The first-order valence-corrected chi connectivity index (χ1v) is 16.6. The van der Waals surface area contributed by atoms with E-state index < -0.39 is 13.9 Å². The van der Waals surface area contributed by atoms with Gasteiger partial charge >= 0.3 is 0 Å². The number of benzene rings is 2. The molecule has 1 fully saturated rings. The van der Waals surface area contributed by atoms with Crippen LogP contribution in [-0.2, 0) is 31.9 Å². The van der Waals surface area contributed by atoms with E-state index in [-0.39, 0.29) is 24.2 Å². The second-order valence-electron chi connectivity index (χ2n) is 11.2. The van der Waals surface area contributed by atoms with Crippen molar-refractivity contribution in [3.05, 3.63) is 71.8 Å². The predicted molar refractivity (Wildman–Crippen MR) is 146 cm³/mol. The molecule has 36 heavy (non-hydrogen) atoms. The van der Waals surface area contributed by atoms with Crippen LogP contribution >= 0.6 is 0 Å². The number of rotatable bonds is 12.